The van der Waals surface area contributed by atoms with E-state index in [4.69, 9.17) is 11.5 Å². The summed E-state index contributed by atoms with van der Waals surface area (Å²) in [7, 11) is 0. The predicted octanol–water partition coefficient (Wildman–Crippen LogP) is 0.777. The van der Waals surface area contributed by atoms with Crippen LogP contribution in [0.2, 0.25) is 0 Å². The molecule has 0 aliphatic heterocycles. The average Bonchev–Trinajstić information content (AvgIpc) is 2.71. The first-order valence-electron chi connectivity index (χ1n) is 4.44. The van der Waals surface area contributed by atoms with Crippen molar-refractivity contribution in [3.8, 4) is 5.69 Å². The van der Waals surface area contributed by atoms with Crippen LogP contribution in [0.1, 0.15) is 0 Å². The smallest absolute Gasteiger partial charge is 0.191 e. The normalized spacial score (nSPS) is 9.87. The van der Waals surface area contributed by atoms with Gasteiger partial charge in [0.05, 0.1) is 12.0 Å². The van der Waals surface area contributed by atoms with Crippen molar-refractivity contribution in [2.45, 2.75) is 0 Å². The first-order chi connectivity index (χ1) is 7.25. The molecule has 0 spiro atoms. The lowest BCUT2D eigenvalue weighted by Crippen LogP contribution is -2.21. The molecule has 2 rings (SSSR count). The lowest BCUT2D eigenvalue weighted by Gasteiger charge is -2.01. The molecule has 5 heteroatoms. The maximum atomic E-state index is 5.27. The third-order valence-corrected chi connectivity index (χ3v) is 1.91. The zero-order chi connectivity index (χ0) is 10.7. The van der Waals surface area contributed by atoms with Gasteiger partial charge in [-0.05, 0) is 24.3 Å². The number of hydrogen-bond acceptors (Lipinski definition) is 2. The summed E-state index contributed by atoms with van der Waals surface area (Å²) < 4.78 is 1.90. The number of aromatic nitrogens is 2. The molecular formula is C10H11N5. The fourth-order valence-corrected chi connectivity index (χ4v) is 1.26. The molecule has 0 aliphatic rings. The number of nitrogens with zero attached hydrogens (tertiary/aromatic N) is 3. The molecule has 15 heavy (non-hydrogen) atoms. The summed E-state index contributed by atoms with van der Waals surface area (Å²) in [5, 5.41) is 0. The second-order valence-corrected chi connectivity index (χ2v) is 3.02. The molecule has 4 N–H and O–H groups in total. The molecule has 1 aromatic heterocycles. The van der Waals surface area contributed by atoms with Crippen LogP contribution in [-0.4, -0.2) is 15.5 Å². The largest absolute Gasteiger partial charge is 0.370 e. The van der Waals surface area contributed by atoms with Gasteiger partial charge in [-0.1, -0.05) is 0 Å². The summed E-state index contributed by atoms with van der Waals surface area (Å²) in [4.78, 5) is 7.89. The molecule has 0 radical (unpaired) electrons. The minimum Gasteiger partial charge on any atom is -0.370 e. The molecule has 2 aromatic rings. The Morgan fingerprint density at radius 1 is 1.20 bits per heavy atom. The zero-order valence-electron chi connectivity index (χ0n) is 8.04. The number of benzene rings is 1. The number of aliphatic imine (C=N–C) groups is 1. The van der Waals surface area contributed by atoms with Gasteiger partial charge in [0.1, 0.15) is 0 Å². The first kappa shape index (κ1) is 9.26. The Kier molecular flexibility index (Phi) is 2.37. The Morgan fingerprint density at radius 2 is 1.93 bits per heavy atom. The number of rotatable bonds is 2. The lowest BCUT2D eigenvalue weighted by atomic mass is 10.3. The van der Waals surface area contributed by atoms with Crippen LogP contribution in [0.5, 0.6) is 0 Å². The highest BCUT2D eigenvalue weighted by Gasteiger charge is 1.95. The van der Waals surface area contributed by atoms with Gasteiger partial charge in [-0.15, -0.1) is 0 Å². The van der Waals surface area contributed by atoms with Crippen molar-refractivity contribution < 1.29 is 0 Å². The maximum absolute atomic E-state index is 5.27. The van der Waals surface area contributed by atoms with E-state index in [1.807, 2.05) is 35.0 Å². The standard InChI is InChI=1S/C10H11N5/c11-10(12)14-8-1-3-9(4-2-8)15-6-5-13-7-15/h1-7H,(H4,11,12,14). The Bertz CT molecular complexity index is 451. The second-order valence-electron chi connectivity index (χ2n) is 3.02. The van der Waals surface area contributed by atoms with Crippen LogP contribution >= 0.6 is 0 Å². The topological polar surface area (TPSA) is 82.2 Å². The molecule has 0 saturated carbocycles. The third-order valence-electron chi connectivity index (χ3n) is 1.91. The van der Waals surface area contributed by atoms with Gasteiger partial charge in [-0.2, -0.15) is 0 Å². The fourth-order valence-electron chi connectivity index (χ4n) is 1.26. The Hall–Kier alpha value is -2.30. The molecule has 0 amide bonds. The van der Waals surface area contributed by atoms with Gasteiger partial charge >= 0.3 is 0 Å². The lowest BCUT2D eigenvalue weighted by molar-refractivity contribution is 1.06. The van der Waals surface area contributed by atoms with E-state index in [0.717, 1.165) is 11.4 Å². The van der Waals surface area contributed by atoms with Crippen LogP contribution in [0, 0.1) is 0 Å². The summed E-state index contributed by atoms with van der Waals surface area (Å²) >= 11 is 0. The summed E-state index contributed by atoms with van der Waals surface area (Å²) in [6.07, 6.45) is 5.33. The van der Waals surface area contributed by atoms with E-state index < -0.39 is 0 Å². The maximum Gasteiger partial charge on any atom is 0.191 e. The Morgan fingerprint density at radius 3 is 2.47 bits per heavy atom. The van der Waals surface area contributed by atoms with E-state index in [9.17, 15) is 0 Å². The van der Waals surface area contributed by atoms with Gasteiger partial charge in [-0.25, -0.2) is 9.98 Å². The van der Waals surface area contributed by atoms with Crippen molar-refractivity contribution in [3.05, 3.63) is 43.0 Å². The van der Waals surface area contributed by atoms with Gasteiger partial charge in [0.2, 0.25) is 0 Å². The van der Waals surface area contributed by atoms with Crippen LogP contribution in [0.4, 0.5) is 5.69 Å². The SMILES string of the molecule is NC(N)=Nc1ccc(-n2ccnc2)cc1. The van der Waals surface area contributed by atoms with Crippen LogP contribution in [0.3, 0.4) is 0 Å². The number of imidazole rings is 1. The molecule has 1 heterocycles. The summed E-state index contributed by atoms with van der Waals surface area (Å²) in [5.74, 6) is 0.0605. The molecule has 0 atom stereocenters. The molecule has 0 aliphatic carbocycles. The first-order valence-corrected chi connectivity index (χ1v) is 4.44. The molecular weight excluding hydrogens is 190 g/mol. The van der Waals surface area contributed by atoms with Gasteiger partial charge in [0.15, 0.2) is 5.96 Å². The van der Waals surface area contributed by atoms with Crippen LogP contribution < -0.4 is 11.5 Å². The Balaban J connectivity index is 2.29. The van der Waals surface area contributed by atoms with Gasteiger partial charge in [-0.3, -0.25) is 0 Å². The molecule has 0 fully saturated rings. The van der Waals surface area contributed by atoms with Gasteiger partial charge < -0.3 is 16.0 Å². The molecule has 1 aromatic carbocycles. The molecule has 76 valence electrons. The van der Waals surface area contributed by atoms with Crippen molar-refractivity contribution in [1.29, 1.82) is 0 Å². The van der Waals surface area contributed by atoms with E-state index in [1.165, 1.54) is 0 Å². The van der Waals surface area contributed by atoms with E-state index >= 15 is 0 Å². The quantitative estimate of drug-likeness (QED) is 0.556. The van der Waals surface area contributed by atoms with Crippen molar-refractivity contribution in [1.82, 2.24) is 9.55 Å². The molecule has 0 bridgehead atoms. The van der Waals surface area contributed by atoms with E-state index in [1.54, 1.807) is 12.5 Å². The molecule has 5 nitrogen and oxygen atoms in total. The van der Waals surface area contributed by atoms with E-state index in [0.29, 0.717) is 0 Å². The predicted molar refractivity (Wildman–Crippen MR) is 59.0 cm³/mol. The van der Waals surface area contributed by atoms with Crippen molar-refractivity contribution >= 4 is 11.6 Å². The second kappa shape index (κ2) is 3.83. The van der Waals surface area contributed by atoms with Crippen LogP contribution in [0.25, 0.3) is 5.69 Å². The minimum absolute atomic E-state index is 0.0605. The monoisotopic (exact) mass is 201 g/mol. The summed E-state index contributed by atoms with van der Waals surface area (Å²) in [5.41, 5.74) is 12.3. The molecule has 0 saturated heterocycles. The molecule has 0 unspecified atom stereocenters. The third kappa shape index (κ3) is 2.14. The van der Waals surface area contributed by atoms with Crippen LogP contribution in [0.15, 0.2) is 48.0 Å². The summed E-state index contributed by atoms with van der Waals surface area (Å²) in [6, 6.07) is 7.52. The zero-order valence-corrected chi connectivity index (χ0v) is 8.04. The highest BCUT2D eigenvalue weighted by atomic mass is 15.0. The van der Waals surface area contributed by atoms with Crippen molar-refractivity contribution in [2.75, 3.05) is 0 Å². The number of guanidine groups is 1. The van der Waals surface area contributed by atoms with Crippen molar-refractivity contribution in [3.63, 3.8) is 0 Å². The summed E-state index contributed by atoms with van der Waals surface area (Å²) in [6.45, 7) is 0. The highest BCUT2D eigenvalue weighted by molar-refractivity contribution is 5.79. The average molecular weight is 201 g/mol. The van der Waals surface area contributed by atoms with Gasteiger partial charge in [0, 0.05) is 18.1 Å². The minimum atomic E-state index is 0.0605. The van der Waals surface area contributed by atoms with Crippen molar-refractivity contribution in [2.24, 2.45) is 16.5 Å². The number of nitrogens with two attached hydrogens (primary N) is 2. The van der Waals surface area contributed by atoms with Gasteiger partial charge in [0.25, 0.3) is 0 Å². The van der Waals surface area contributed by atoms with Crippen LogP contribution in [-0.2, 0) is 0 Å². The Labute approximate surface area is 87.1 Å². The fraction of sp³-hybridized carbons (Fsp3) is 0. The highest BCUT2D eigenvalue weighted by Crippen LogP contribution is 2.15. The van der Waals surface area contributed by atoms with E-state index in [2.05, 4.69) is 9.98 Å². The van der Waals surface area contributed by atoms with E-state index in [-0.39, 0.29) is 5.96 Å². The number of hydrogen-bond donors (Lipinski definition) is 2.